The number of hydrogen-bond donors (Lipinski definition) is 1. The first-order valence-corrected chi connectivity index (χ1v) is 10.4. The van der Waals surface area contributed by atoms with Gasteiger partial charge in [0.25, 0.3) is 0 Å². The van der Waals surface area contributed by atoms with Crippen molar-refractivity contribution in [3.8, 4) is 22.6 Å². The van der Waals surface area contributed by atoms with Gasteiger partial charge in [-0.05, 0) is 85.7 Å². The van der Waals surface area contributed by atoms with Crippen molar-refractivity contribution >= 4 is 11.6 Å². The molecule has 0 aromatic heterocycles. The van der Waals surface area contributed by atoms with Gasteiger partial charge < -0.3 is 14.8 Å². The molecule has 4 heteroatoms. The summed E-state index contributed by atoms with van der Waals surface area (Å²) in [6.45, 7) is 6.58. The highest BCUT2D eigenvalue weighted by molar-refractivity contribution is 6.02. The first-order chi connectivity index (χ1) is 14.5. The molecule has 1 N–H and O–H groups in total. The van der Waals surface area contributed by atoms with Gasteiger partial charge in [-0.2, -0.15) is 0 Å². The lowest BCUT2D eigenvalue weighted by Crippen LogP contribution is -2.27. The Bertz CT molecular complexity index is 1160. The summed E-state index contributed by atoms with van der Waals surface area (Å²) < 4.78 is 10.9. The van der Waals surface area contributed by atoms with Crippen molar-refractivity contribution in [3.63, 3.8) is 0 Å². The second-order valence-electron chi connectivity index (χ2n) is 8.45. The Kier molecular flexibility index (Phi) is 4.31. The number of carbonyl (C=O) groups excluding carboxylic acids is 1. The van der Waals surface area contributed by atoms with Crippen LogP contribution in [0.1, 0.15) is 35.1 Å². The van der Waals surface area contributed by atoms with Crippen molar-refractivity contribution in [2.45, 2.75) is 39.0 Å². The maximum atomic E-state index is 13.3. The minimum Gasteiger partial charge on any atom is -0.454 e. The molecule has 0 unspecified atom stereocenters. The minimum absolute atomic E-state index is 0.0387. The predicted molar refractivity (Wildman–Crippen MR) is 118 cm³/mol. The van der Waals surface area contributed by atoms with Crippen LogP contribution in [-0.2, 0) is 10.2 Å². The van der Waals surface area contributed by atoms with E-state index in [0.29, 0.717) is 0 Å². The third kappa shape index (κ3) is 3.13. The van der Waals surface area contributed by atoms with Gasteiger partial charge in [0, 0.05) is 5.69 Å². The molecule has 0 bridgehead atoms. The van der Waals surface area contributed by atoms with Crippen molar-refractivity contribution < 1.29 is 14.3 Å². The van der Waals surface area contributed by atoms with Crippen LogP contribution in [0.2, 0.25) is 0 Å². The largest absolute Gasteiger partial charge is 0.454 e. The zero-order chi connectivity index (χ0) is 20.9. The van der Waals surface area contributed by atoms with Crippen LogP contribution in [0.3, 0.4) is 0 Å². The zero-order valence-corrected chi connectivity index (χ0v) is 17.5. The highest BCUT2D eigenvalue weighted by Gasteiger charge is 2.51. The van der Waals surface area contributed by atoms with E-state index >= 15 is 0 Å². The lowest BCUT2D eigenvalue weighted by Gasteiger charge is -2.18. The number of aryl methyl sites for hydroxylation is 3. The highest BCUT2D eigenvalue weighted by atomic mass is 16.7. The third-order valence-electron chi connectivity index (χ3n) is 6.28. The van der Waals surface area contributed by atoms with E-state index in [1.807, 2.05) is 24.3 Å². The Labute approximate surface area is 176 Å². The van der Waals surface area contributed by atoms with Gasteiger partial charge in [0.2, 0.25) is 12.7 Å². The standard InChI is InChI=1S/C26H25NO3/c1-16-4-8-21(18(3)12-16)22-14-20(7-5-17(22)2)27-25(28)26(10-11-26)19-6-9-23-24(13-19)30-15-29-23/h4-9,12-14H,10-11,15H2,1-3H3,(H,27,28). The second kappa shape index (κ2) is 6.91. The van der Waals surface area contributed by atoms with E-state index < -0.39 is 5.41 Å². The summed E-state index contributed by atoms with van der Waals surface area (Å²) in [5, 5.41) is 3.17. The SMILES string of the molecule is Cc1ccc(-c2cc(NC(=O)C3(c4ccc5c(c4)OCO5)CC3)ccc2C)c(C)c1. The van der Waals surface area contributed by atoms with E-state index in [4.69, 9.17) is 9.47 Å². The summed E-state index contributed by atoms with van der Waals surface area (Å²) in [6, 6.07) is 18.5. The van der Waals surface area contributed by atoms with E-state index in [2.05, 4.69) is 56.4 Å². The molecule has 1 heterocycles. The van der Waals surface area contributed by atoms with Gasteiger partial charge in [0.15, 0.2) is 11.5 Å². The molecule has 152 valence electrons. The van der Waals surface area contributed by atoms with Crippen molar-refractivity contribution in [3.05, 3.63) is 76.9 Å². The molecule has 3 aromatic rings. The number of hydrogen-bond acceptors (Lipinski definition) is 3. The van der Waals surface area contributed by atoms with Crippen molar-refractivity contribution in [1.82, 2.24) is 0 Å². The van der Waals surface area contributed by atoms with Crippen LogP contribution in [0.4, 0.5) is 5.69 Å². The molecule has 1 fully saturated rings. The number of anilines is 1. The monoisotopic (exact) mass is 399 g/mol. The normalized spacial score (nSPS) is 15.7. The van der Waals surface area contributed by atoms with Gasteiger partial charge in [0.05, 0.1) is 5.41 Å². The molecule has 5 rings (SSSR count). The quantitative estimate of drug-likeness (QED) is 0.614. The molecule has 3 aromatic carbocycles. The first-order valence-electron chi connectivity index (χ1n) is 10.4. The number of carbonyl (C=O) groups is 1. The van der Waals surface area contributed by atoms with E-state index in [0.717, 1.165) is 41.2 Å². The molecule has 0 atom stereocenters. The Balaban J connectivity index is 1.43. The Hall–Kier alpha value is -3.27. The van der Waals surface area contributed by atoms with Crippen molar-refractivity contribution in [2.75, 3.05) is 12.1 Å². The number of rotatable bonds is 4. The van der Waals surface area contributed by atoms with Gasteiger partial charge in [-0.15, -0.1) is 0 Å². The summed E-state index contributed by atoms with van der Waals surface area (Å²) in [7, 11) is 0. The number of fused-ring (bicyclic) bond motifs is 1. The Morgan fingerprint density at radius 2 is 1.63 bits per heavy atom. The number of benzene rings is 3. The summed E-state index contributed by atoms with van der Waals surface area (Å²) in [5.41, 5.74) is 7.37. The summed E-state index contributed by atoms with van der Waals surface area (Å²) in [5.74, 6) is 1.50. The van der Waals surface area contributed by atoms with Crippen LogP contribution >= 0.6 is 0 Å². The van der Waals surface area contributed by atoms with Crippen LogP contribution in [0.15, 0.2) is 54.6 Å². The molecule has 30 heavy (non-hydrogen) atoms. The first kappa shape index (κ1) is 18.7. The average Bonchev–Trinajstić information content (AvgIpc) is 3.41. The van der Waals surface area contributed by atoms with Crippen LogP contribution in [0, 0.1) is 20.8 Å². The fourth-order valence-corrected chi connectivity index (χ4v) is 4.32. The molecule has 1 saturated carbocycles. The summed E-state index contributed by atoms with van der Waals surface area (Å²) in [4.78, 5) is 13.3. The van der Waals surface area contributed by atoms with Crippen LogP contribution < -0.4 is 14.8 Å². The second-order valence-corrected chi connectivity index (χ2v) is 8.45. The maximum Gasteiger partial charge on any atom is 0.235 e. The van der Waals surface area contributed by atoms with Crippen LogP contribution in [0.25, 0.3) is 11.1 Å². The molecular weight excluding hydrogens is 374 g/mol. The predicted octanol–water partition coefficient (Wildman–Crippen LogP) is 5.68. The van der Waals surface area contributed by atoms with Gasteiger partial charge in [0.1, 0.15) is 0 Å². The minimum atomic E-state index is -0.480. The molecule has 1 amide bonds. The molecule has 1 aliphatic carbocycles. The summed E-state index contributed by atoms with van der Waals surface area (Å²) >= 11 is 0. The van der Waals surface area contributed by atoms with Gasteiger partial charge in [-0.1, -0.05) is 35.9 Å². The van der Waals surface area contributed by atoms with Gasteiger partial charge >= 0.3 is 0 Å². The van der Waals surface area contributed by atoms with E-state index in [9.17, 15) is 4.79 Å². The fraction of sp³-hybridized carbons (Fsp3) is 0.269. The third-order valence-corrected chi connectivity index (χ3v) is 6.28. The molecular formula is C26H25NO3. The lowest BCUT2D eigenvalue weighted by atomic mass is 9.93. The average molecular weight is 399 g/mol. The van der Waals surface area contributed by atoms with E-state index in [1.54, 1.807) is 0 Å². The highest BCUT2D eigenvalue weighted by Crippen LogP contribution is 2.51. The van der Waals surface area contributed by atoms with Crippen molar-refractivity contribution in [2.24, 2.45) is 0 Å². The van der Waals surface area contributed by atoms with Gasteiger partial charge in [-0.3, -0.25) is 4.79 Å². The molecule has 0 saturated heterocycles. The van der Waals surface area contributed by atoms with Crippen molar-refractivity contribution in [1.29, 1.82) is 0 Å². The topological polar surface area (TPSA) is 47.6 Å². The zero-order valence-electron chi connectivity index (χ0n) is 17.5. The smallest absolute Gasteiger partial charge is 0.235 e. The Morgan fingerprint density at radius 1 is 0.833 bits per heavy atom. The molecule has 1 aliphatic heterocycles. The number of nitrogens with one attached hydrogen (secondary N) is 1. The number of ether oxygens (including phenoxy) is 2. The van der Waals surface area contributed by atoms with Crippen LogP contribution in [0.5, 0.6) is 11.5 Å². The molecule has 0 spiro atoms. The van der Waals surface area contributed by atoms with Crippen LogP contribution in [-0.4, -0.2) is 12.7 Å². The lowest BCUT2D eigenvalue weighted by molar-refractivity contribution is -0.118. The summed E-state index contributed by atoms with van der Waals surface area (Å²) in [6.07, 6.45) is 1.68. The maximum absolute atomic E-state index is 13.3. The van der Waals surface area contributed by atoms with Gasteiger partial charge in [-0.25, -0.2) is 0 Å². The molecule has 2 aliphatic rings. The fourth-order valence-electron chi connectivity index (χ4n) is 4.32. The van der Waals surface area contributed by atoms with E-state index in [-0.39, 0.29) is 12.7 Å². The van der Waals surface area contributed by atoms with E-state index in [1.165, 1.54) is 22.3 Å². The molecule has 4 nitrogen and oxygen atoms in total. The number of amides is 1. The molecule has 0 radical (unpaired) electrons. The Morgan fingerprint density at radius 3 is 2.40 bits per heavy atom.